The first kappa shape index (κ1) is 14.2. The molecule has 0 radical (unpaired) electrons. The molecule has 18 heavy (non-hydrogen) atoms. The highest BCUT2D eigenvalue weighted by Crippen LogP contribution is 2.27. The second-order valence-corrected chi connectivity index (χ2v) is 4.39. The minimum atomic E-state index is -0.576. The average Bonchev–Trinajstić information content (AvgIpc) is 2.38. The van der Waals surface area contributed by atoms with Crippen molar-refractivity contribution in [2.45, 2.75) is 26.2 Å². The predicted octanol–water partition coefficient (Wildman–Crippen LogP) is 1.68. The van der Waals surface area contributed by atoms with E-state index in [1.165, 1.54) is 0 Å². The maximum atomic E-state index is 10.8. The number of benzene rings is 1. The number of aldehydes is 1. The molecule has 0 saturated carbocycles. The van der Waals surface area contributed by atoms with Gasteiger partial charge in [0.25, 0.3) is 5.91 Å². The summed E-state index contributed by atoms with van der Waals surface area (Å²) >= 11 is 0. The van der Waals surface area contributed by atoms with E-state index in [2.05, 4.69) is 25.2 Å². The van der Waals surface area contributed by atoms with E-state index in [0.29, 0.717) is 18.9 Å². The Balaban J connectivity index is 2.70. The molecular weight excluding hydrogens is 230 g/mol. The normalized spacial score (nSPS) is 10.2. The Hall–Kier alpha value is -1.84. The highest BCUT2D eigenvalue weighted by atomic mass is 16.5. The van der Waals surface area contributed by atoms with Gasteiger partial charge in [-0.05, 0) is 29.5 Å². The monoisotopic (exact) mass is 249 g/mol. The summed E-state index contributed by atoms with van der Waals surface area (Å²) in [6, 6.07) is 5.99. The Morgan fingerprint density at radius 1 is 1.44 bits per heavy atom. The van der Waals surface area contributed by atoms with Crippen molar-refractivity contribution in [2.75, 3.05) is 13.7 Å². The predicted molar refractivity (Wildman–Crippen MR) is 69.9 cm³/mol. The van der Waals surface area contributed by atoms with Crippen LogP contribution in [0.1, 0.15) is 30.9 Å². The number of nitrogens with one attached hydrogen (secondary N) is 1. The van der Waals surface area contributed by atoms with Crippen LogP contribution in [0.2, 0.25) is 0 Å². The molecule has 0 aliphatic rings. The van der Waals surface area contributed by atoms with E-state index in [0.717, 1.165) is 16.9 Å². The van der Waals surface area contributed by atoms with Crippen LogP contribution in [0, 0.1) is 0 Å². The standard InChI is InChI=1S/C14H19NO3/c1-10(2)12-8-11(4-5-13(12)18-3)6-7-15-14(17)9-16/h4-5,8-10H,6-7H2,1-3H3,(H,15,17). The van der Waals surface area contributed by atoms with Crippen LogP contribution in [0.15, 0.2) is 18.2 Å². The van der Waals surface area contributed by atoms with Crippen LogP contribution in [0.25, 0.3) is 0 Å². The fourth-order valence-corrected chi connectivity index (χ4v) is 1.76. The largest absolute Gasteiger partial charge is 0.496 e. The summed E-state index contributed by atoms with van der Waals surface area (Å²) in [6.45, 7) is 4.67. The van der Waals surface area contributed by atoms with Crippen LogP contribution < -0.4 is 10.1 Å². The van der Waals surface area contributed by atoms with Gasteiger partial charge >= 0.3 is 0 Å². The zero-order valence-corrected chi connectivity index (χ0v) is 11.0. The smallest absolute Gasteiger partial charge is 0.284 e. The van der Waals surface area contributed by atoms with Crippen molar-refractivity contribution in [3.63, 3.8) is 0 Å². The lowest BCUT2D eigenvalue weighted by Crippen LogP contribution is -2.26. The highest BCUT2D eigenvalue weighted by Gasteiger charge is 2.08. The average molecular weight is 249 g/mol. The van der Waals surface area contributed by atoms with E-state index >= 15 is 0 Å². The van der Waals surface area contributed by atoms with Gasteiger partial charge in [-0.1, -0.05) is 26.0 Å². The van der Waals surface area contributed by atoms with Crippen molar-refractivity contribution >= 4 is 12.2 Å². The van der Waals surface area contributed by atoms with Crippen LogP contribution >= 0.6 is 0 Å². The third kappa shape index (κ3) is 3.87. The maximum Gasteiger partial charge on any atom is 0.284 e. The molecule has 0 saturated heterocycles. The van der Waals surface area contributed by atoms with Gasteiger partial charge in [-0.3, -0.25) is 9.59 Å². The molecule has 0 bridgehead atoms. The van der Waals surface area contributed by atoms with E-state index in [-0.39, 0.29) is 6.29 Å². The molecule has 98 valence electrons. The van der Waals surface area contributed by atoms with Crippen LogP contribution in [-0.4, -0.2) is 25.8 Å². The van der Waals surface area contributed by atoms with Crippen molar-refractivity contribution in [1.82, 2.24) is 5.32 Å². The SMILES string of the molecule is COc1ccc(CCNC(=O)C=O)cc1C(C)C. The lowest BCUT2D eigenvalue weighted by atomic mass is 9.98. The van der Waals surface area contributed by atoms with Crippen molar-refractivity contribution in [1.29, 1.82) is 0 Å². The fraction of sp³-hybridized carbons (Fsp3) is 0.429. The van der Waals surface area contributed by atoms with E-state index in [9.17, 15) is 9.59 Å². The lowest BCUT2D eigenvalue weighted by molar-refractivity contribution is -0.131. The first-order valence-corrected chi connectivity index (χ1v) is 5.98. The molecule has 0 unspecified atom stereocenters. The van der Waals surface area contributed by atoms with Crippen molar-refractivity contribution in [3.8, 4) is 5.75 Å². The highest BCUT2D eigenvalue weighted by molar-refractivity contribution is 6.23. The number of rotatable bonds is 6. The molecule has 1 amide bonds. The quantitative estimate of drug-likeness (QED) is 0.616. The Morgan fingerprint density at radius 3 is 2.72 bits per heavy atom. The van der Waals surface area contributed by atoms with Gasteiger partial charge in [0, 0.05) is 6.54 Å². The number of methoxy groups -OCH3 is 1. The molecule has 0 spiro atoms. The number of hydrogen-bond donors (Lipinski definition) is 1. The van der Waals surface area contributed by atoms with Crippen molar-refractivity contribution in [3.05, 3.63) is 29.3 Å². The molecular formula is C14H19NO3. The Labute approximate surface area is 107 Å². The fourth-order valence-electron chi connectivity index (χ4n) is 1.76. The minimum absolute atomic E-state index is 0.285. The van der Waals surface area contributed by atoms with Gasteiger partial charge in [-0.15, -0.1) is 0 Å². The summed E-state index contributed by atoms with van der Waals surface area (Å²) in [6.07, 6.45) is 0.983. The van der Waals surface area contributed by atoms with Gasteiger partial charge in [-0.2, -0.15) is 0 Å². The van der Waals surface area contributed by atoms with E-state index in [1.54, 1.807) is 7.11 Å². The summed E-state index contributed by atoms with van der Waals surface area (Å²) in [5.41, 5.74) is 2.27. The molecule has 1 aromatic carbocycles. The Kier molecular flexibility index (Phi) is 5.36. The van der Waals surface area contributed by atoms with Gasteiger partial charge in [0.1, 0.15) is 5.75 Å². The number of amides is 1. The van der Waals surface area contributed by atoms with Crippen LogP contribution in [-0.2, 0) is 16.0 Å². The van der Waals surface area contributed by atoms with Gasteiger partial charge in [0.05, 0.1) is 7.11 Å². The second kappa shape index (κ2) is 6.79. The summed E-state index contributed by atoms with van der Waals surface area (Å²) in [4.78, 5) is 20.9. The molecule has 0 fully saturated rings. The molecule has 0 aliphatic carbocycles. The van der Waals surface area contributed by atoms with Gasteiger partial charge in [0.15, 0.2) is 0 Å². The maximum absolute atomic E-state index is 10.8. The zero-order valence-electron chi connectivity index (χ0n) is 11.0. The third-order valence-corrected chi connectivity index (χ3v) is 2.74. The molecule has 0 aromatic heterocycles. The molecule has 1 aromatic rings. The van der Waals surface area contributed by atoms with Crippen LogP contribution in [0.4, 0.5) is 0 Å². The summed E-state index contributed by atoms with van der Waals surface area (Å²) < 4.78 is 5.31. The van der Waals surface area contributed by atoms with Crippen LogP contribution in [0.3, 0.4) is 0 Å². The van der Waals surface area contributed by atoms with Gasteiger partial charge in [0.2, 0.25) is 6.29 Å². The van der Waals surface area contributed by atoms with Gasteiger partial charge in [-0.25, -0.2) is 0 Å². The number of carbonyl (C=O) groups excluding carboxylic acids is 2. The third-order valence-electron chi connectivity index (χ3n) is 2.74. The molecule has 1 N–H and O–H groups in total. The molecule has 4 heteroatoms. The Bertz CT molecular complexity index is 427. The molecule has 0 heterocycles. The van der Waals surface area contributed by atoms with Crippen molar-refractivity contribution < 1.29 is 14.3 Å². The first-order chi connectivity index (χ1) is 8.58. The van der Waals surface area contributed by atoms with Crippen LogP contribution in [0.5, 0.6) is 5.75 Å². The first-order valence-electron chi connectivity index (χ1n) is 5.98. The van der Waals surface area contributed by atoms with E-state index in [4.69, 9.17) is 4.74 Å². The number of hydrogen-bond acceptors (Lipinski definition) is 3. The summed E-state index contributed by atoms with van der Waals surface area (Å²) in [5, 5.41) is 2.52. The lowest BCUT2D eigenvalue weighted by Gasteiger charge is -2.13. The summed E-state index contributed by atoms with van der Waals surface area (Å²) in [5.74, 6) is 0.683. The summed E-state index contributed by atoms with van der Waals surface area (Å²) in [7, 11) is 1.66. The minimum Gasteiger partial charge on any atom is -0.496 e. The number of ether oxygens (including phenoxy) is 1. The molecule has 0 atom stereocenters. The topological polar surface area (TPSA) is 55.4 Å². The van der Waals surface area contributed by atoms with E-state index < -0.39 is 5.91 Å². The Morgan fingerprint density at radius 2 is 2.17 bits per heavy atom. The second-order valence-electron chi connectivity index (χ2n) is 4.39. The van der Waals surface area contributed by atoms with Crippen molar-refractivity contribution in [2.24, 2.45) is 0 Å². The molecule has 0 aliphatic heterocycles. The van der Waals surface area contributed by atoms with Gasteiger partial charge < -0.3 is 10.1 Å². The molecule has 4 nitrogen and oxygen atoms in total. The number of carbonyl (C=O) groups is 2. The van der Waals surface area contributed by atoms with E-state index in [1.807, 2.05) is 12.1 Å². The molecule has 1 rings (SSSR count). The zero-order chi connectivity index (χ0) is 13.5.